The number of hydrogen-bond donors (Lipinski definition) is 2. The van der Waals surface area contributed by atoms with Crippen molar-refractivity contribution < 1.29 is 8.42 Å². The lowest BCUT2D eigenvalue weighted by Crippen LogP contribution is -2.37. The molecule has 1 aliphatic heterocycles. The van der Waals surface area contributed by atoms with E-state index in [2.05, 4.69) is 9.62 Å². The molecule has 2 rings (SSSR count). The first-order valence-electron chi connectivity index (χ1n) is 7.08. The monoisotopic (exact) mass is 297 g/mol. The predicted octanol–water partition coefficient (Wildman–Crippen LogP) is 1.34. The third kappa shape index (κ3) is 3.71. The van der Waals surface area contributed by atoms with E-state index in [1.807, 2.05) is 0 Å². The molecule has 6 heteroatoms. The van der Waals surface area contributed by atoms with Gasteiger partial charge >= 0.3 is 0 Å². The SMILES string of the molecule is Cc1cccc(N)c1S(=O)(=O)NCCN1CCCCC1. The third-order valence-electron chi connectivity index (χ3n) is 3.68. The Kier molecular flexibility index (Phi) is 5.01. The third-order valence-corrected chi connectivity index (χ3v) is 5.36. The first-order valence-corrected chi connectivity index (χ1v) is 8.56. The van der Waals surface area contributed by atoms with E-state index in [9.17, 15) is 8.42 Å². The van der Waals surface area contributed by atoms with Gasteiger partial charge in [0.1, 0.15) is 4.90 Å². The summed E-state index contributed by atoms with van der Waals surface area (Å²) in [5.41, 5.74) is 6.77. The Balaban J connectivity index is 1.97. The summed E-state index contributed by atoms with van der Waals surface area (Å²) in [5, 5.41) is 0. The topological polar surface area (TPSA) is 75.4 Å². The first kappa shape index (κ1) is 15.3. The van der Waals surface area contributed by atoms with E-state index in [-0.39, 0.29) is 4.90 Å². The molecule has 0 amide bonds. The van der Waals surface area contributed by atoms with E-state index in [0.717, 1.165) is 19.6 Å². The maximum Gasteiger partial charge on any atom is 0.242 e. The maximum absolute atomic E-state index is 12.3. The van der Waals surface area contributed by atoms with Crippen LogP contribution in [-0.4, -0.2) is 39.5 Å². The Bertz CT molecular complexity index is 531. The van der Waals surface area contributed by atoms with Crippen LogP contribution in [0.5, 0.6) is 0 Å². The average Bonchev–Trinajstić information content (AvgIpc) is 2.39. The second-order valence-electron chi connectivity index (χ2n) is 5.29. The van der Waals surface area contributed by atoms with Crippen molar-refractivity contribution in [3.05, 3.63) is 23.8 Å². The molecule has 0 radical (unpaired) electrons. The highest BCUT2D eigenvalue weighted by atomic mass is 32.2. The van der Waals surface area contributed by atoms with Gasteiger partial charge in [-0.2, -0.15) is 0 Å². The zero-order valence-electron chi connectivity index (χ0n) is 11.9. The molecule has 0 bridgehead atoms. The van der Waals surface area contributed by atoms with Crippen LogP contribution in [0.3, 0.4) is 0 Å². The van der Waals surface area contributed by atoms with Gasteiger partial charge in [0.2, 0.25) is 10.0 Å². The summed E-state index contributed by atoms with van der Waals surface area (Å²) < 4.78 is 27.3. The van der Waals surface area contributed by atoms with E-state index < -0.39 is 10.0 Å². The van der Waals surface area contributed by atoms with Gasteiger partial charge in [-0.25, -0.2) is 13.1 Å². The van der Waals surface area contributed by atoms with Crippen LogP contribution in [0.4, 0.5) is 5.69 Å². The molecule has 0 unspecified atom stereocenters. The summed E-state index contributed by atoms with van der Waals surface area (Å²) in [6.07, 6.45) is 3.69. The van der Waals surface area contributed by atoms with E-state index in [0.29, 0.717) is 17.8 Å². The zero-order chi connectivity index (χ0) is 14.6. The molecule has 112 valence electrons. The summed E-state index contributed by atoms with van der Waals surface area (Å²) in [4.78, 5) is 2.51. The fraction of sp³-hybridized carbons (Fsp3) is 0.571. The number of nitrogen functional groups attached to an aromatic ring is 1. The maximum atomic E-state index is 12.3. The molecule has 1 fully saturated rings. The second-order valence-corrected chi connectivity index (χ2v) is 7.00. The zero-order valence-corrected chi connectivity index (χ0v) is 12.7. The van der Waals surface area contributed by atoms with E-state index in [1.165, 1.54) is 19.3 Å². The van der Waals surface area contributed by atoms with Gasteiger partial charge in [0, 0.05) is 13.1 Å². The Morgan fingerprint density at radius 2 is 1.95 bits per heavy atom. The van der Waals surface area contributed by atoms with Crippen molar-refractivity contribution >= 4 is 15.7 Å². The van der Waals surface area contributed by atoms with Crippen LogP contribution in [0.1, 0.15) is 24.8 Å². The molecule has 3 N–H and O–H groups in total. The van der Waals surface area contributed by atoms with Gasteiger partial charge in [-0.3, -0.25) is 0 Å². The quantitative estimate of drug-likeness (QED) is 0.804. The largest absolute Gasteiger partial charge is 0.398 e. The summed E-state index contributed by atoms with van der Waals surface area (Å²) in [7, 11) is -3.52. The number of likely N-dealkylation sites (tertiary alicyclic amines) is 1. The number of hydrogen-bond acceptors (Lipinski definition) is 4. The molecule has 0 aliphatic carbocycles. The van der Waals surface area contributed by atoms with E-state index in [4.69, 9.17) is 5.73 Å². The van der Waals surface area contributed by atoms with Crippen molar-refractivity contribution in [3.8, 4) is 0 Å². The predicted molar refractivity (Wildman–Crippen MR) is 81.1 cm³/mol. The van der Waals surface area contributed by atoms with Gasteiger partial charge in [-0.05, 0) is 44.5 Å². The standard InChI is InChI=1S/C14H23N3O2S/c1-12-6-5-7-13(15)14(12)20(18,19)16-8-11-17-9-3-2-4-10-17/h5-7,16H,2-4,8-11,15H2,1H3. The number of anilines is 1. The Morgan fingerprint density at radius 3 is 2.60 bits per heavy atom. The van der Waals surface area contributed by atoms with Gasteiger partial charge < -0.3 is 10.6 Å². The normalized spacial score (nSPS) is 17.2. The van der Waals surface area contributed by atoms with Crippen molar-refractivity contribution in [1.29, 1.82) is 0 Å². The lowest BCUT2D eigenvalue weighted by Gasteiger charge is -2.26. The van der Waals surface area contributed by atoms with Gasteiger partial charge in [0.05, 0.1) is 5.69 Å². The number of rotatable bonds is 5. The molecule has 1 aromatic rings. The number of benzene rings is 1. The van der Waals surface area contributed by atoms with Crippen LogP contribution in [0.15, 0.2) is 23.1 Å². The molecule has 0 spiro atoms. The Morgan fingerprint density at radius 1 is 1.25 bits per heavy atom. The number of aryl methyl sites for hydroxylation is 1. The van der Waals surface area contributed by atoms with Gasteiger partial charge in [-0.15, -0.1) is 0 Å². The van der Waals surface area contributed by atoms with Gasteiger partial charge in [-0.1, -0.05) is 18.6 Å². The molecule has 0 atom stereocenters. The first-order chi connectivity index (χ1) is 9.50. The molecular weight excluding hydrogens is 274 g/mol. The number of nitrogens with zero attached hydrogens (tertiary/aromatic N) is 1. The van der Waals surface area contributed by atoms with Crippen molar-refractivity contribution in [3.63, 3.8) is 0 Å². The second kappa shape index (κ2) is 6.56. The molecule has 1 aromatic carbocycles. The summed E-state index contributed by atoms with van der Waals surface area (Å²) in [6.45, 7) is 5.07. The molecular formula is C14H23N3O2S. The van der Waals surface area contributed by atoms with Crippen LogP contribution in [0, 0.1) is 6.92 Å². The van der Waals surface area contributed by atoms with E-state index >= 15 is 0 Å². The summed E-state index contributed by atoms with van der Waals surface area (Å²) >= 11 is 0. The van der Waals surface area contributed by atoms with Crippen LogP contribution in [0.2, 0.25) is 0 Å². The fourth-order valence-electron chi connectivity index (χ4n) is 2.64. The van der Waals surface area contributed by atoms with E-state index in [1.54, 1.807) is 25.1 Å². The molecule has 1 aliphatic rings. The Hall–Kier alpha value is -1.11. The number of nitrogens with two attached hydrogens (primary N) is 1. The lowest BCUT2D eigenvalue weighted by atomic mass is 10.1. The molecule has 1 saturated heterocycles. The van der Waals surface area contributed by atoms with Crippen molar-refractivity contribution in [1.82, 2.24) is 9.62 Å². The smallest absolute Gasteiger partial charge is 0.242 e. The summed E-state index contributed by atoms with van der Waals surface area (Å²) in [6, 6.07) is 5.14. The molecule has 20 heavy (non-hydrogen) atoms. The highest BCUT2D eigenvalue weighted by Gasteiger charge is 2.20. The highest BCUT2D eigenvalue weighted by molar-refractivity contribution is 7.89. The van der Waals surface area contributed by atoms with Crippen LogP contribution in [-0.2, 0) is 10.0 Å². The molecule has 0 aromatic heterocycles. The van der Waals surface area contributed by atoms with Gasteiger partial charge in [0.25, 0.3) is 0 Å². The van der Waals surface area contributed by atoms with Crippen molar-refractivity contribution in [2.24, 2.45) is 0 Å². The van der Waals surface area contributed by atoms with Crippen LogP contribution in [0.25, 0.3) is 0 Å². The van der Waals surface area contributed by atoms with Crippen LogP contribution >= 0.6 is 0 Å². The molecule has 0 saturated carbocycles. The molecule has 5 nitrogen and oxygen atoms in total. The number of sulfonamides is 1. The van der Waals surface area contributed by atoms with Gasteiger partial charge in [0.15, 0.2) is 0 Å². The minimum atomic E-state index is -3.52. The summed E-state index contributed by atoms with van der Waals surface area (Å²) in [5.74, 6) is 0. The minimum Gasteiger partial charge on any atom is -0.398 e. The number of nitrogens with one attached hydrogen (secondary N) is 1. The van der Waals surface area contributed by atoms with Crippen molar-refractivity contribution in [2.75, 3.05) is 31.9 Å². The lowest BCUT2D eigenvalue weighted by molar-refractivity contribution is 0.233. The average molecular weight is 297 g/mol. The number of piperidine rings is 1. The van der Waals surface area contributed by atoms with Crippen molar-refractivity contribution in [2.45, 2.75) is 31.1 Å². The van der Waals surface area contributed by atoms with Crippen LogP contribution < -0.4 is 10.5 Å². The molecule has 1 heterocycles. The minimum absolute atomic E-state index is 0.207. The highest BCUT2D eigenvalue weighted by Crippen LogP contribution is 2.21. The fourth-order valence-corrected chi connectivity index (χ4v) is 4.01. The Labute approximate surface area is 121 Å².